The lowest BCUT2D eigenvalue weighted by Gasteiger charge is -2.26. The summed E-state index contributed by atoms with van der Waals surface area (Å²) < 4.78 is 34.0. The Morgan fingerprint density at radius 2 is 2.12 bits per heavy atom. The Morgan fingerprint density at radius 1 is 1.32 bits per heavy atom. The Morgan fingerprint density at radius 3 is 2.80 bits per heavy atom. The second kappa shape index (κ2) is 6.92. The van der Waals surface area contributed by atoms with E-state index < -0.39 is 18.5 Å². The lowest BCUT2D eigenvalue weighted by molar-refractivity contribution is -0.0499. The number of carbonyl (C=O) groups is 2. The lowest BCUT2D eigenvalue weighted by atomic mass is 9.87. The van der Waals surface area contributed by atoms with Crippen LogP contribution in [0, 0.1) is 0 Å². The Kier molecular flexibility index (Phi) is 4.69. The first kappa shape index (κ1) is 16.9. The number of hydrogen-bond acceptors (Lipinski definition) is 4. The summed E-state index contributed by atoms with van der Waals surface area (Å²) in [7, 11) is 0. The minimum atomic E-state index is -2.89. The van der Waals surface area contributed by atoms with Crippen LogP contribution in [0.3, 0.4) is 0 Å². The highest BCUT2D eigenvalue weighted by Crippen LogP contribution is 2.33. The zero-order valence-electron chi connectivity index (χ0n) is 13.0. The van der Waals surface area contributed by atoms with Gasteiger partial charge in [0.2, 0.25) is 0 Å². The fourth-order valence-corrected chi connectivity index (χ4v) is 2.91. The third kappa shape index (κ3) is 3.78. The molecule has 0 saturated carbocycles. The highest BCUT2D eigenvalue weighted by Gasteiger charge is 2.24. The quantitative estimate of drug-likeness (QED) is 0.862. The Labute approximate surface area is 141 Å². The molecule has 1 unspecified atom stereocenters. The number of furan rings is 1. The van der Waals surface area contributed by atoms with Crippen molar-refractivity contribution >= 4 is 11.9 Å². The number of alkyl halides is 2. The van der Waals surface area contributed by atoms with Gasteiger partial charge in [-0.1, -0.05) is 6.07 Å². The largest absolute Gasteiger partial charge is 0.478 e. The highest BCUT2D eigenvalue weighted by molar-refractivity contribution is 5.95. The van der Waals surface area contributed by atoms with Crippen LogP contribution in [0.1, 0.15) is 50.9 Å². The van der Waals surface area contributed by atoms with Crippen LogP contribution in [-0.4, -0.2) is 23.6 Å². The van der Waals surface area contributed by atoms with E-state index in [-0.39, 0.29) is 23.1 Å². The van der Waals surface area contributed by atoms with E-state index in [9.17, 15) is 18.4 Å². The SMILES string of the molecule is O=C(O)c1coc(C(=O)NC2CCCc3cc(OC(F)F)ccc32)c1. The zero-order chi connectivity index (χ0) is 18.0. The summed E-state index contributed by atoms with van der Waals surface area (Å²) in [4.78, 5) is 23.1. The van der Waals surface area contributed by atoms with Crippen LogP contribution in [0.25, 0.3) is 0 Å². The summed E-state index contributed by atoms with van der Waals surface area (Å²) in [6.45, 7) is -2.89. The molecule has 1 atom stereocenters. The van der Waals surface area contributed by atoms with Gasteiger partial charge in [0.05, 0.1) is 11.6 Å². The van der Waals surface area contributed by atoms with Gasteiger partial charge in [-0.2, -0.15) is 8.78 Å². The number of hydrogen-bond donors (Lipinski definition) is 2. The van der Waals surface area contributed by atoms with Crippen molar-refractivity contribution in [3.63, 3.8) is 0 Å². The molecule has 0 radical (unpaired) electrons. The number of nitrogens with one attached hydrogen (secondary N) is 1. The van der Waals surface area contributed by atoms with Gasteiger partial charge < -0.3 is 19.6 Å². The normalized spacial score (nSPS) is 16.4. The Balaban J connectivity index is 1.76. The van der Waals surface area contributed by atoms with Crippen molar-refractivity contribution < 1.29 is 32.6 Å². The topological polar surface area (TPSA) is 88.8 Å². The molecule has 6 nitrogen and oxygen atoms in total. The van der Waals surface area contributed by atoms with Crippen LogP contribution >= 0.6 is 0 Å². The number of carboxylic acids is 1. The predicted molar refractivity (Wildman–Crippen MR) is 81.9 cm³/mol. The number of benzene rings is 1. The van der Waals surface area contributed by atoms with E-state index in [1.54, 1.807) is 12.1 Å². The maximum Gasteiger partial charge on any atom is 0.387 e. The summed E-state index contributed by atoms with van der Waals surface area (Å²) in [5, 5.41) is 11.7. The van der Waals surface area contributed by atoms with E-state index in [1.165, 1.54) is 6.07 Å². The molecule has 8 heteroatoms. The molecule has 0 spiro atoms. The van der Waals surface area contributed by atoms with Gasteiger partial charge in [-0.05, 0) is 42.5 Å². The van der Waals surface area contributed by atoms with Crippen molar-refractivity contribution in [2.24, 2.45) is 0 Å². The van der Waals surface area contributed by atoms with Gasteiger partial charge >= 0.3 is 12.6 Å². The molecule has 0 aliphatic heterocycles. The molecule has 1 amide bonds. The molecular weight excluding hydrogens is 336 g/mol. The summed E-state index contributed by atoms with van der Waals surface area (Å²) in [5.74, 6) is -1.73. The number of aryl methyl sites for hydroxylation is 1. The fraction of sp³-hybridized carbons (Fsp3) is 0.294. The monoisotopic (exact) mass is 351 g/mol. The third-order valence-electron chi connectivity index (χ3n) is 4.03. The van der Waals surface area contributed by atoms with Gasteiger partial charge in [0.1, 0.15) is 12.0 Å². The van der Waals surface area contributed by atoms with Crippen LogP contribution in [0.5, 0.6) is 5.75 Å². The van der Waals surface area contributed by atoms with Crippen molar-refractivity contribution in [2.75, 3.05) is 0 Å². The van der Waals surface area contributed by atoms with Gasteiger partial charge in [-0.15, -0.1) is 0 Å². The summed E-state index contributed by atoms with van der Waals surface area (Å²) in [5.41, 5.74) is 1.55. The average Bonchev–Trinajstić information content (AvgIpc) is 3.04. The standard InChI is InChI=1S/C17H15F2NO5/c18-17(19)25-11-4-5-12-9(6-11)2-1-3-13(12)20-15(21)14-7-10(8-24-14)16(22)23/h4-8,13,17H,1-3H2,(H,20,21)(H,22,23). The van der Waals surface area contributed by atoms with Crippen molar-refractivity contribution in [3.8, 4) is 5.75 Å². The number of halogens is 2. The van der Waals surface area contributed by atoms with Crippen LogP contribution in [0.4, 0.5) is 8.78 Å². The lowest BCUT2D eigenvalue weighted by Crippen LogP contribution is -2.30. The molecule has 1 aromatic heterocycles. The number of rotatable bonds is 5. The van der Waals surface area contributed by atoms with Gasteiger partial charge in [-0.25, -0.2) is 4.79 Å². The predicted octanol–water partition coefficient (Wildman–Crippen LogP) is 3.39. The maximum absolute atomic E-state index is 12.3. The van der Waals surface area contributed by atoms with Gasteiger partial charge in [0.25, 0.3) is 5.91 Å². The number of amides is 1. The molecule has 0 fully saturated rings. The fourth-order valence-electron chi connectivity index (χ4n) is 2.91. The van der Waals surface area contributed by atoms with E-state index in [0.29, 0.717) is 12.8 Å². The maximum atomic E-state index is 12.3. The molecule has 2 aromatic rings. The molecule has 25 heavy (non-hydrogen) atoms. The number of fused-ring (bicyclic) bond motifs is 1. The summed E-state index contributed by atoms with van der Waals surface area (Å²) >= 11 is 0. The van der Waals surface area contributed by atoms with E-state index in [2.05, 4.69) is 10.1 Å². The molecule has 1 aliphatic carbocycles. The second-order valence-corrected chi connectivity index (χ2v) is 5.66. The first-order chi connectivity index (χ1) is 11.9. The molecule has 1 aromatic carbocycles. The first-order valence-corrected chi connectivity index (χ1v) is 7.64. The summed E-state index contributed by atoms with van der Waals surface area (Å²) in [6.07, 6.45) is 3.15. The van der Waals surface area contributed by atoms with Crippen LogP contribution < -0.4 is 10.1 Å². The van der Waals surface area contributed by atoms with Gasteiger partial charge in [-0.3, -0.25) is 4.79 Å². The second-order valence-electron chi connectivity index (χ2n) is 5.66. The Bertz CT molecular complexity index is 802. The van der Waals surface area contributed by atoms with E-state index in [1.807, 2.05) is 0 Å². The van der Waals surface area contributed by atoms with Crippen LogP contribution in [0.15, 0.2) is 34.9 Å². The first-order valence-electron chi connectivity index (χ1n) is 7.64. The van der Waals surface area contributed by atoms with Crippen molar-refractivity contribution in [2.45, 2.75) is 31.9 Å². The van der Waals surface area contributed by atoms with Crippen LogP contribution in [-0.2, 0) is 6.42 Å². The van der Waals surface area contributed by atoms with Gasteiger partial charge in [0.15, 0.2) is 5.76 Å². The molecule has 3 rings (SSSR count). The van der Waals surface area contributed by atoms with E-state index >= 15 is 0 Å². The number of aromatic carboxylic acids is 1. The molecule has 0 saturated heterocycles. The molecule has 2 N–H and O–H groups in total. The average molecular weight is 351 g/mol. The number of ether oxygens (including phenoxy) is 1. The summed E-state index contributed by atoms with van der Waals surface area (Å²) in [6, 6.07) is 5.48. The Hall–Kier alpha value is -2.90. The zero-order valence-corrected chi connectivity index (χ0v) is 13.0. The minimum Gasteiger partial charge on any atom is -0.478 e. The van der Waals surface area contributed by atoms with E-state index in [0.717, 1.165) is 29.9 Å². The van der Waals surface area contributed by atoms with Crippen molar-refractivity contribution in [1.82, 2.24) is 5.32 Å². The number of carboxylic acid groups (broad SMARTS) is 1. The molecule has 1 aliphatic rings. The third-order valence-corrected chi connectivity index (χ3v) is 4.03. The van der Waals surface area contributed by atoms with Gasteiger partial charge in [0, 0.05) is 6.07 Å². The smallest absolute Gasteiger partial charge is 0.387 e. The minimum absolute atomic E-state index is 0.0814. The number of carbonyl (C=O) groups excluding carboxylic acids is 1. The molecule has 132 valence electrons. The van der Waals surface area contributed by atoms with Crippen LogP contribution in [0.2, 0.25) is 0 Å². The highest BCUT2D eigenvalue weighted by atomic mass is 19.3. The molecular formula is C17H15F2NO5. The van der Waals surface area contributed by atoms with Crippen molar-refractivity contribution in [1.29, 1.82) is 0 Å². The molecule has 1 heterocycles. The molecule has 0 bridgehead atoms. The van der Waals surface area contributed by atoms with E-state index in [4.69, 9.17) is 9.52 Å². The van der Waals surface area contributed by atoms with Crippen molar-refractivity contribution in [3.05, 3.63) is 53.0 Å².